The van der Waals surface area contributed by atoms with Crippen molar-refractivity contribution in [2.75, 3.05) is 23.8 Å². The average Bonchev–Trinajstić information content (AvgIpc) is 2.79. The van der Waals surface area contributed by atoms with Gasteiger partial charge in [0.2, 0.25) is 5.91 Å². The summed E-state index contributed by atoms with van der Waals surface area (Å²) in [7, 11) is 0. The van der Waals surface area contributed by atoms with Crippen molar-refractivity contribution in [3.8, 4) is 0 Å². The van der Waals surface area contributed by atoms with Crippen molar-refractivity contribution in [2.45, 2.75) is 39.5 Å². The normalized spacial score (nSPS) is 10.3. The summed E-state index contributed by atoms with van der Waals surface area (Å²) < 4.78 is 9.97. The van der Waals surface area contributed by atoms with Crippen molar-refractivity contribution < 1.29 is 28.7 Å². The van der Waals surface area contributed by atoms with Crippen LogP contribution in [0.25, 0.3) is 0 Å². The minimum atomic E-state index is -0.578. The molecule has 2 amide bonds. The second kappa shape index (κ2) is 13.2. The van der Waals surface area contributed by atoms with Gasteiger partial charge in [0, 0.05) is 29.2 Å². The van der Waals surface area contributed by atoms with Gasteiger partial charge < -0.3 is 20.1 Å². The molecule has 0 radical (unpaired) electrons. The molecule has 8 nitrogen and oxygen atoms in total. The van der Waals surface area contributed by atoms with E-state index in [2.05, 4.69) is 10.6 Å². The summed E-state index contributed by atoms with van der Waals surface area (Å²) in [4.78, 5) is 47.5. The molecule has 0 fully saturated rings. The molecule has 33 heavy (non-hydrogen) atoms. The monoisotopic (exact) mass is 474 g/mol. The summed E-state index contributed by atoms with van der Waals surface area (Å²) in [5, 5.41) is 5.84. The smallest absolute Gasteiger partial charge is 0.338 e. The number of anilines is 2. The van der Waals surface area contributed by atoms with Crippen molar-refractivity contribution in [3.63, 3.8) is 0 Å². The quantitative estimate of drug-likeness (QED) is 0.464. The number of aryl methyl sites for hydroxylation is 1. The Bertz CT molecular complexity index is 991. The van der Waals surface area contributed by atoms with Crippen LogP contribution in [0.1, 0.15) is 48.5 Å². The van der Waals surface area contributed by atoms with Gasteiger partial charge in [0.25, 0.3) is 5.91 Å². The lowest BCUT2D eigenvalue weighted by Gasteiger charge is -2.08. The van der Waals surface area contributed by atoms with Crippen molar-refractivity contribution in [3.05, 3.63) is 58.6 Å². The number of benzene rings is 2. The number of carbonyl (C=O) groups excluding carboxylic acids is 4. The van der Waals surface area contributed by atoms with E-state index in [1.54, 1.807) is 30.3 Å². The summed E-state index contributed by atoms with van der Waals surface area (Å²) in [5.74, 6) is -1.77. The van der Waals surface area contributed by atoms with Crippen LogP contribution < -0.4 is 10.6 Å². The Hall–Kier alpha value is -3.39. The van der Waals surface area contributed by atoms with E-state index in [4.69, 9.17) is 21.1 Å². The predicted octanol–water partition coefficient (Wildman–Crippen LogP) is 4.51. The van der Waals surface area contributed by atoms with Gasteiger partial charge in [0.1, 0.15) is 0 Å². The Morgan fingerprint density at radius 3 is 2.21 bits per heavy atom. The maximum atomic E-state index is 12.0. The van der Waals surface area contributed by atoms with Gasteiger partial charge in [-0.2, -0.15) is 0 Å². The van der Waals surface area contributed by atoms with Crippen molar-refractivity contribution in [2.24, 2.45) is 0 Å². The van der Waals surface area contributed by atoms with Crippen LogP contribution in [0.2, 0.25) is 5.02 Å². The van der Waals surface area contributed by atoms with E-state index in [9.17, 15) is 19.2 Å². The van der Waals surface area contributed by atoms with Gasteiger partial charge >= 0.3 is 11.9 Å². The third-order valence-electron chi connectivity index (χ3n) is 4.45. The molecule has 2 N–H and O–H groups in total. The molecule has 0 saturated carbocycles. The first-order valence-corrected chi connectivity index (χ1v) is 10.9. The molecule has 0 bridgehead atoms. The molecular weight excluding hydrogens is 448 g/mol. The maximum Gasteiger partial charge on any atom is 0.338 e. The number of hydrogen-bond acceptors (Lipinski definition) is 6. The van der Waals surface area contributed by atoms with Gasteiger partial charge in [0.05, 0.1) is 12.2 Å². The average molecular weight is 475 g/mol. The zero-order chi connectivity index (χ0) is 24.2. The standard InChI is InChI=1S/C24H27ClN2O6/c1-3-13-32-24(31)17-8-11-18(12-9-17)26-22(29)15-33-23(30)6-4-5-21(28)27-19-10-7-16(2)20(25)14-19/h7-12,14H,3-6,13,15H2,1-2H3,(H,26,29)(H,27,28). The van der Waals surface area contributed by atoms with E-state index in [0.29, 0.717) is 28.6 Å². The number of carbonyl (C=O) groups is 4. The van der Waals surface area contributed by atoms with E-state index < -0.39 is 24.5 Å². The molecule has 0 aliphatic heterocycles. The second-order valence-electron chi connectivity index (χ2n) is 7.29. The first kappa shape index (κ1) is 25.9. The van der Waals surface area contributed by atoms with E-state index >= 15 is 0 Å². The Kier molecular flexibility index (Phi) is 10.4. The first-order chi connectivity index (χ1) is 15.8. The van der Waals surface area contributed by atoms with E-state index in [1.165, 1.54) is 12.1 Å². The summed E-state index contributed by atoms with van der Waals surface area (Å²) in [6, 6.07) is 11.4. The first-order valence-electron chi connectivity index (χ1n) is 10.6. The van der Waals surface area contributed by atoms with Crippen LogP contribution in [0.15, 0.2) is 42.5 Å². The topological polar surface area (TPSA) is 111 Å². The Morgan fingerprint density at radius 2 is 1.55 bits per heavy atom. The number of hydrogen-bond donors (Lipinski definition) is 2. The highest BCUT2D eigenvalue weighted by molar-refractivity contribution is 6.31. The molecule has 2 aromatic rings. The highest BCUT2D eigenvalue weighted by Gasteiger charge is 2.11. The Morgan fingerprint density at radius 1 is 0.879 bits per heavy atom. The summed E-state index contributed by atoms with van der Waals surface area (Å²) in [6.45, 7) is 3.66. The molecule has 0 aliphatic rings. The summed E-state index contributed by atoms with van der Waals surface area (Å²) in [6.07, 6.45) is 1.14. The van der Waals surface area contributed by atoms with Crippen LogP contribution in [0.3, 0.4) is 0 Å². The molecule has 0 heterocycles. The lowest BCUT2D eigenvalue weighted by molar-refractivity contribution is -0.147. The van der Waals surface area contributed by atoms with Crippen LogP contribution in [0, 0.1) is 6.92 Å². The molecule has 0 atom stereocenters. The third-order valence-corrected chi connectivity index (χ3v) is 4.85. The highest BCUT2D eigenvalue weighted by Crippen LogP contribution is 2.20. The molecule has 9 heteroatoms. The zero-order valence-electron chi connectivity index (χ0n) is 18.6. The van der Waals surface area contributed by atoms with Crippen molar-refractivity contribution >= 4 is 46.7 Å². The van der Waals surface area contributed by atoms with Gasteiger partial charge in [-0.1, -0.05) is 24.6 Å². The second-order valence-corrected chi connectivity index (χ2v) is 7.70. The fraction of sp³-hybridized carbons (Fsp3) is 0.333. The fourth-order valence-corrected chi connectivity index (χ4v) is 2.85. The predicted molar refractivity (Wildman–Crippen MR) is 125 cm³/mol. The number of rotatable bonds is 11. The van der Waals surface area contributed by atoms with Gasteiger partial charge in [-0.25, -0.2) is 4.79 Å². The Labute approximate surface area is 197 Å². The van der Waals surface area contributed by atoms with Crippen LogP contribution in [0.5, 0.6) is 0 Å². The highest BCUT2D eigenvalue weighted by atomic mass is 35.5. The summed E-state index contributed by atoms with van der Waals surface area (Å²) in [5.41, 5.74) is 2.32. The fourth-order valence-electron chi connectivity index (χ4n) is 2.67. The summed E-state index contributed by atoms with van der Waals surface area (Å²) >= 11 is 6.03. The minimum Gasteiger partial charge on any atom is -0.462 e. The van der Waals surface area contributed by atoms with E-state index in [-0.39, 0.29) is 25.2 Å². The largest absolute Gasteiger partial charge is 0.462 e. The molecule has 0 saturated heterocycles. The number of nitrogens with one attached hydrogen (secondary N) is 2. The van der Waals surface area contributed by atoms with Gasteiger partial charge in [-0.3, -0.25) is 14.4 Å². The third kappa shape index (κ3) is 9.33. The van der Waals surface area contributed by atoms with E-state index in [0.717, 1.165) is 12.0 Å². The zero-order valence-corrected chi connectivity index (χ0v) is 19.4. The van der Waals surface area contributed by atoms with Gasteiger partial charge in [0.15, 0.2) is 6.61 Å². The Balaban J connectivity index is 1.65. The van der Waals surface area contributed by atoms with Crippen LogP contribution >= 0.6 is 11.6 Å². The number of ether oxygens (including phenoxy) is 2. The molecule has 176 valence electrons. The van der Waals surface area contributed by atoms with Crippen LogP contribution in [-0.4, -0.2) is 37.0 Å². The lowest BCUT2D eigenvalue weighted by atomic mass is 10.2. The number of esters is 2. The van der Waals surface area contributed by atoms with Crippen molar-refractivity contribution in [1.29, 1.82) is 0 Å². The molecular formula is C24H27ClN2O6. The lowest BCUT2D eigenvalue weighted by Crippen LogP contribution is -2.21. The molecule has 0 spiro atoms. The molecule has 2 rings (SSSR count). The number of halogens is 1. The van der Waals surface area contributed by atoms with Gasteiger partial charge in [-0.15, -0.1) is 0 Å². The van der Waals surface area contributed by atoms with Crippen LogP contribution in [-0.2, 0) is 23.9 Å². The molecule has 0 aromatic heterocycles. The van der Waals surface area contributed by atoms with Gasteiger partial charge in [-0.05, 0) is 61.7 Å². The molecule has 2 aromatic carbocycles. The molecule has 0 aliphatic carbocycles. The number of amides is 2. The molecule has 0 unspecified atom stereocenters. The van der Waals surface area contributed by atoms with Crippen molar-refractivity contribution in [1.82, 2.24) is 0 Å². The minimum absolute atomic E-state index is 0.00389. The maximum absolute atomic E-state index is 12.0. The SMILES string of the molecule is CCCOC(=O)c1ccc(NC(=O)COC(=O)CCCC(=O)Nc2ccc(C)c(Cl)c2)cc1. The van der Waals surface area contributed by atoms with E-state index in [1.807, 2.05) is 13.8 Å². The van der Waals surface area contributed by atoms with Crippen LogP contribution in [0.4, 0.5) is 11.4 Å².